The molecule has 0 radical (unpaired) electrons. The second-order valence-electron chi connectivity index (χ2n) is 4.92. The number of thioether (sulfide) groups is 2. The van der Waals surface area contributed by atoms with Crippen molar-refractivity contribution in [3.05, 3.63) is 85.0 Å². The van der Waals surface area contributed by atoms with Gasteiger partial charge in [-0.1, -0.05) is 49.6 Å². The minimum atomic E-state index is -0.646. The van der Waals surface area contributed by atoms with Gasteiger partial charge in [-0.3, -0.25) is 0 Å². The van der Waals surface area contributed by atoms with Gasteiger partial charge in [0.15, 0.2) is 0 Å². The van der Waals surface area contributed by atoms with Crippen LogP contribution in [0.15, 0.2) is 94.8 Å². The van der Waals surface area contributed by atoms with Crippen molar-refractivity contribution in [1.82, 2.24) is 0 Å². The van der Waals surface area contributed by atoms with Crippen molar-refractivity contribution in [2.24, 2.45) is 0 Å². The number of aliphatic hydroxyl groups excluding tert-OH is 1. The fourth-order valence-electron chi connectivity index (χ4n) is 1.83. The maximum absolute atomic E-state index is 10.3. The van der Waals surface area contributed by atoms with Gasteiger partial charge in [-0.05, 0) is 35.4 Å². The Morgan fingerprint density at radius 3 is 1.50 bits per heavy atom. The van der Waals surface area contributed by atoms with Gasteiger partial charge in [0.1, 0.15) is 0 Å². The van der Waals surface area contributed by atoms with Crippen molar-refractivity contribution >= 4 is 23.5 Å². The summed E-state index contributed by atoms with van der Waals surface area (Å²) in [7, 11) is 0. The average Bonchev–Trinajstić information content (AvgIpc) is 2.58. The van der Waals surface area contributed by atoms with E-state index in [1.165, 1.54) is 9.79 Å². The molecule has 0 unspecified atom stereocenters. The van der Waals surface area contributed by atoms with E-state index in [0.29, 0.717) is 11.5 Å². The Bertz CT molecular complexity index is 552. The number of hydrogen-bond donors (Lipinski definition) is 1. The summed E-state index contributed by atoms with van der Waals surface area (Å²) in [5, 5.41) is 10.3. The Kier molecular flexibility index (Phi) is 6.84. The molecule has 1 N–H and O–H groups in total. The van der Waals surface area contributed by atoms with Crippen LogP contribution in [0, 0.1) is 0 Å². The predicted octanol–water partition coefficient (Wildman–Crippen LogP) is 5.04. The summed E-state index contributed by atoms with van der Waals surface area (Å²) in [6.45, 7) is 8.01. The number of rotatable bonds is 8. The molecule has 0 aliphatic heterocycles. The van der Waals surface area contributed by atoms with Crippen LogP contribution in [0.5, 0.6) is 0 Å². The van der Waals surface area contributed by atoms with E-state index in [0.717, 1.165) is 11.1 Å². The van der Waals surface area contributed by atoms with Gasteiger partial charge in [-0.2, -0.15) is 0 Å². The Labute approximate surface area is 141 Å². The summed E-state index contributed by atoms with van der Waals surface area (Å²) in [5.41, 5.74) is 1.60. The lowest BCUT2D eigenvalue weighted by molar-refractivity contribution is 0.249. The summed E-state index contributed by atoms with van der Waals surface area (Å²) in [5.74, 6) is 1.39. The molecule has 2 aromatic carbocycles. The molecule has 0 fully saturated rings. The zero-order chi connectivity index (χ0) is 15.8. The second-order valence-corrected chi connectivity index (χ2v) is 7.02. The van der Waals surface area contributed by atoms with Crippen molar-refractivity contribution in [3.63, 3.8) is 0 Å². The van der Waals surface area contributed by atoms with Gasteiger partial charge in [0.05, 0.1) is 6.10 Å². The van der Waals surface area contributed by atoms with E-state index in [1.54, 1.807) is 23.5 Å². The van der Waals surface area contributed by atoms with Crippen molar-refractivity contribution < 1.29 is 5.11 Å². The predicted molar refractivity (Wildman–Crippen MR) is 98.6 cm³/mol. The van der Waals surface area contributed by atoms with Crippen molar-refractivity contribution in [2.45, 2.75) is 15.9 Å². The van der Waals surface area contributed by atoms with E-state index in [4.69, 9.17) is 0 Å². The highest BCUT2D eigenvalue weighted by atomic mass is 32.2. The van der Waals surface area contributed by atoms with Crippen LogP contribution in [0.2, 0.25) is 0 Å². The number of benzene rings is 2. The largest absolute Gasteiger partial charge is 0.384 e. The van der Waals surface area contributed by atoms with Gasteiger partial charge in [-0.25, -0.2) is 0 Å². The van der Waals surface area contributed by atoms with Crippen LogP contribution < -0.4 is 0 Å². The normalized spacial score (nSPS) is 10.6. The molecule has 0 atom stereocenters. The van der Waals surface area contributed by atoms with E-state index in [9.17, 15) is 5.11 Å². The Balaban J connectivity index is 1.78. The maximum atomic E-state index is 10.3. The molecule has 22 heavy (non-hydrogen) atoms. The Morgan fingerprint density at radius 1 is 0.773 bits per heavy atom. The third kappa shape index (κ3) is 5.41. The van der Waals surface area contributed by atoms with Gasteiger partial charge in [-0.15, -0.1) is 23.5 Å². The van der Waals surface area contributed by atoms with Gasteiger partial charge < -0.3 is 5.11 Å². The van der Waals surface area contributed by atoms with Crippen LogP contribution in [0.1, 0.15) is 0 Å². The van der Waals surface area contributed by atoms with Crippen LogP contribution in [0.25, 0.3) is 0 Å². The molecule has 2 aromatic rings. The van der Waals surface area contributed by atoms with Gasteiger partial charge in [0, 0.05) is 21.3 Å². The molecule has 0 saturated carbocycles. The first-order chi connectivity index (χ1) is 10.7. The van der Waals surface area contributed by atoms with Crippen LogP contribution in [0.4, 0.5) is 0 Å². The highest BCUT2D eigenvalue weighted by Crippen LogP contribution is 2.25. The molecule has 0 aromatic heterocycles. The van der Waals surface area contributed by atoms with Crippen molar-refractivity contribution in [1.29, 1.82) is 0 Å². The average molecular weight is 329 g/mol. The quantitative estimate of drug-likeness (QED) is 0.541. The summed E-state index contributed by atoms with van der Waals surface area (Å²) < 4.78 is 0. The SMILES string of the molecule is C=C(CSc1ccccc1)C(O)C(=C)CSc1ccccc1. The fourth-order valence-corrected chi connectivity index (χ4v) is 3.55. The minimum Gasteiger partial charge on any atom is -0.384 e. The van der Waals surface area contributed by atoms with Gasteiger partial charge in [0.2, 0.25) is 0 Å². The molecule has 0 bridgehead atoms. The molecule has 0 spiro atoms. The molecule has 0 saturated heterocycles. The Hall–Kier alpha value is -1.42. The lowest BCUT2D eigenvalue weighted by Crippen LogP contribution is -2.15. The zero-order valence-corrected chi connectivity index (χ0v) is 14.1. The van der Waals surface area contributed by atoms with Gasteiger partial charge >= 0.3 is 0 Å². The number of aliphatic hydroxyl groups is 1. The summed E-state index contributed by atoms with van der Waals surface area (Å²) in [6, 6.07) is 20.3. The zero-order valence-electron chi connectivity index (χ0n) is 12.4. The van der Waals surface area contributed by atoms with E-state index in [2.05, 4.69) is 37.4 Å². The molecule has 2 rings (SSSR count). The first-order valence-corrected chi connectivity index (χ1v) is 9.03. The highest BCUT2D eigenvalue weighted by Gasteiger charge is 2.13. The monoisotopic (exact) mass is 328 g/mol. The van der Waals surface area contributed by atoms with Crippen molar-refractivity contribution in [2.75, 3.05) is 11.5 Å². The van der Waals surface area contributed by atoms with Crippen LogP contribution in [-0.4, -0.2) is 22.7 Å². The summed E-state index contributed by atoms with van der Waals surface area (Å²) in [6.07, 6.45) is -0.646. The molecule has 1 nitrogen and oxygen atoms in total. The van der Waals surface area contributed by atoms with Crippen LogP contribution in [0.3, 0.4) is 0 Å². The molecular weight excluding hydrogens is 308 g/mol. The smallest absolute Gasteiger partial charge is 0.0972 e. The molecule has 0 aliphatic carbocycles. The lowest BCUT2D eigenvalue weighted by Gasteiger charge is -2.16. The van der Waals surface area contributed by atoms with Crippen LogP contribution in [-0.2, 0) is 0 Å². The standard InChI is InChI=1S/C19H20OS2/c1-15(13-21-17-9-5-3-6-10-17)19(20)16(2)14-22-18-11-7-4-8-12-18/h3-12,19-20H,1-2,13-14H2. The molecule has 3 heteroatoms. The highest BCUT2D eigenvalue weighted by molar-refractivity contribution is 7.99. The van der Waals surface area contributed by atoms with E-state index in [1.807, 2.05) is 36.4 Å². The molecular formula is C19H20OS2. The Morgan fingerprint density at radius 2 is 1.14 bits per heavy atom. The molecule has 0 amide bonds. The molecule has 114 valence electrons. The summed E-state index contributed by atoms with van der Waals surface area (Å²) in [4.78, 5) is 2.36. The first-order valence-electron chi connectivity index (χ1n) is 7.06. The maximum Gasteiger partial charge on any atom is 0.0972 e. The molecule has 0 aliphatic rings. The van der Waals surface area contributed by atoms with E-state index in [-0.39, 0.29) is 0 Å². The van der Waals surface area contributed by atoms with Crippen molar-refractivity contribution in [3.8, 4) is 0 Å². The van der Waals surface area contributed by atoms with Crippen LogP contribution >= 0.6 is 23.5 Å². The summed E-state index contributed by atoms with van der Waals surface area (Å²) >= 11 is 3.36. The number of hydrogen-bond acceptors (Lipinski definition) is 3. The topological polar surface area (TPSA) is 20.2 Å². The fraction of sp³-hybridized carbons (Fsp3) is 0.158. The van der Waals surface area contributed by atoms with Gasteiger partial charge in [0.25, 0.3) is 0 Å². The molecule has 0 heterocycles. The third-order valence-corrected chi connectivity index (χ3v) is 5.35. The first kappa shape index (κ1) is 16.9. The second kappa shape index (κ2) is 8.89. The van der Waals surface area contributed by atoms with E-state index >= 15 is 0 Å². The lowest BCUT2D eigenvalue weighted by atomic mass is 10.1. The van der Waals surface area contributed by atoms with E-state index < -0.39 is 6.10 Å². The minimum absolute atomic E-state index is 0.646. The third-order valence-electron chi connectivity index (χ3n) is 3.11.